The second kappa shape index (κ2) is 27.5. The molecule has 6 aliphatic rings. The maximum Gasteiger partial charge on any atom is 0.488 e. The Balaban J connectivity index is 0.000000166. The molecule has 12 rings (SSSR count). The smallest absolute Gasteiger partial charge is 0.481 e. The summed E-state index contributed by atoms with van der Waals surface area (Å²) in [5.41, 5.74) is 7.43. The highest BCUT2D eigenvalue weighted by molar-refractivity contribution is 7.20. The van der Waals surface area contributed by atoms with Crippen LogP contribution in [0.4, 0.5) is 0 Å². The fourth-order valence-corrected chi connectivity index (χ4v) is 14.4. The van der Waals surface area contributed by atoms with Crippen LogP contribution in [0.3, 0.4) is 0 Å². The van der Waals surface area contributed by atoms with Crippen molar-refractivity contribution in [1.29, 1.82) is 0 Å². The number of carboxylic acid groups (broad SMARTS) is 2. The first kappa shape index (κ1) is 61.0. The van der Waals surface area contributed by atoms with Crippen molar-refractivity contribution in [2.45, 2.75) is 139 Å². The molecule has 2 amide bonds. The summed E-state index contributed by atoms with van der Waals surface area (Å²) in [4.78, 5) is 91.8. The van der Waals surface area contributed by atoms with Gasteiger partial charge in [-0.25, -0.2) is 9.97 Å². The molecule has 2 aliphatic carbocycles. The molecule has 0 spiro atoms. The molecular weight excluding hydrogens is 1120 g/mol. The van der Waals surface area contributed by atoms with E-state index in [1.165, 1.54) is 27.6 Å². The first-order valence-electron chi connectivity index (χ1n) is 29.8. The monoisotopic (exact) mass is 1190 g/mol. The molecule has 6 aromatic rings. The van der Waals surface area contributed by atoms with E-state index in [1.54, 1.807) is 29.2 Å². The van der Waals surface area contributed by atoms with Crippen LogP contribution >= 0.6 is 22.7 Å². The maximum atomic E-state index is 14.2. The van der Waals surface area contributed by atoms with Crippen molar-refractivity contribution in [1.82, 2.24) is 19.8 Å². The number of nitrogens with two attached hydrogens (primary N) is 1. The number of nitrogens with zero attached hydrogens (tertiary/aromatic N) is 4. The Morgan fingerprint density at radius 1 is 0.600 bits per heavy atom. The van der Waals surface area contributed by atoms with E-state index in [2.05, 4.69) is 16.0 Å². The largest absolute Gasteiger partial charge is 0.488 e. The molecule has 20 heteroatoms. The van der Waals surface area contributed by atoms with E-state index in [-0.39, 0.29) is 66.6 Å². The highest BCUT2D eigenvalue weighted by Gasteiger charge is 2.62. The summed E-state index contributed by atoms with van der Waals surface area (Å²) in [6, 6.07) is 32.1. The number of amides is 2. The lowest BCUT2D eigenvalue weighted by Gasteiger charge is -2.29. The van der Waals surface area contributed by atoms with Crippen LogP contribution in [0.1, 0.15) is 108 Å². The number of aliphatic carboxylic acids is 2. The molecule has 85 heavy (non-hydrogen) atoms. The molecule has 4 fully saturated rings. The van der Waals surface area contributed by atoms with Gasteiger partial charge in [0.2, 0.25) is 11.8 Å². The van der Waals surface area contributed by atoms with E-state index >= 15 is 0 Å². The lowest BCUT2D eigenvalue weighted by molar-refractivity contribution is -0.148. The highest BCUT2D eigenvalue weighted by Crippen LogP contribution is 2.58. The standard InChI is InChI=1S/C33H36N2O5S.C26H31N3O5S.C6H7BO2/c36-28-20-33(31(38)39)19-24(33)14-8-3-1-2-7-13-23(17-22-11-5-4-6-12-22)30(37)35-21-25(18-27(28)35)40-32-34-26-15-9-10-16-29(26)41-32;27-18-9-5-3-1-2-4-8-16-13-26(16,24(32)33)14-21(30)20-12-17(15-29(20)23(18)31)34-25-28-19-10-6-7-11-22(19)35-25;8-7(9)6-4-2-1-3-5-6/h4-6,8-12,14-16,23-25,27H,1-3,7,13,17-21H2,(H,38,39);4,6-8,10-11,16-18,20H,1-3,5,9,12-15,27H2,(H,32,33);1-5,8-9H/b14-8-;8-4-;/t23-,24-,25-,27+,33-;16-,17-,18+,20+,26-;/m11./s1. The van der Waals surface area contributed by atoms with Crippen molar-refractivity contribution in [3.05, 3.63) is 139 Å². The van der Waals surface area contributed by atoms with E-state index in [4.69, 9.17) is 25.3 Å². The van der Waals surface area contributed by atoms with Gasteiger partial charge in [0.15, 0.2) is 11.6 Å². The molecule has 0 radical (unpaired) electrons. The second-order valence-electron chi connectivity index (χ2n) is 23.6. The number of carbonyl (C=O) groups excluding carboxylic acids is 4. The molecule has 17 nitrogen and oxygen atoms in total. The zero-order chi connectivity index (χ0) is 59.7. The van der Waals surface area contributed by atoms with Crippen LogP contribution in [0.25, 0.3) is 20.4 Å². The van der Waals surface area contributed by atoms with Crippen molar-refractivity contribution in [3.63, 3.8) is 0 Å². The number of hydrogen-bond donors (Lipinski definition) is 5. The third-order valence-corrected chi connectivity index (χ3v) is 19.5. The summed E-state index contributed by atoms with van der Waals surface area (Å²) >= 11 is 2.88. The summed E-state index contributed by atoms with van der Waals surface area (Å²) in [7, 11) is -1.34. The van der Waals surface area contributed by atoms with Gasteiger partial charge in [-0.3, -0.25) is 28.8 Å². The molecular formula is C65H74BN5O12S2. The van der Waals surface area contributed by atoms with Gasteiger partial charge in [-0.15, -0.1) is 0 Å². The third kappa shape index (κ3) is 14.8. The first-order valence-corrected chi connectivity index (χ1v) is 31.5. The van der Waals surface area contributed by atoms with E-state index in [0.717, 1.165) is 83.8 Å². The van der Waals surface area contributed by atoms with Gasteiger partial charge in [0.1, 0.15) is 12.2 Å². The average molecular weight is 1190 g/mol. The number of para-hydroxylation sites is 2. The normalized spacial score (nSPS) is 28.8. The van der Waals surface area contributed by atoms with Gasteiger partial charge in [0.25, 0.3) is 10.4 Å². The number of fused-ring (bicyclic) bond motifs is 6. The van der Waals surface area contributed by atoms with Crippen molar-refractivity contribution in [3.8, 4) is 10.4 Å². The van der Waals surface area contributed by atoms with Crippen LogP contribution in [-0.2, 0) is 35.2 Å². The van der Waals surface area contributed by atoms with Crippen molar-refractivity contribution >= 4 is 91.0 Å². The number of thiazole rings is 2. The Kier molecular flexibility index (Phi) is 19.7. The van der Waals surface area contributed by atoms with E-state index < -0.39 is 54.1 Å². The van der Waals surface area contributed by atoms with Crippen molar-refractivity contribution in [2.24, 2.45) is 34.3 Å². The predicted molar refractivity (Wildman–Crippen MR) is 326 cm³/mol. The van der Waals surface area contributed by atoms with E-state index in [1.807, 2.05) is 103 Å². The molecule has 10 atom stereocenters. The van der Waals surface area contributed by atoms with Gasteiger partial charge >= 0.3 is 19.1 Å². The van der Waals surface area contributed by atoms with Gasteiger partial charge in [-0.1, -0.05) is 158 Å². The number of aromatic nitrogens is 2. The van der Waals surface area contributed by atoms with Crippen LogP contribution in [0.15, 0.2) is 133 Å². The van der Waals surface area contributed by atoms with Crippen LogP contribution in [0.5, 0.6) is 10.4 Å². The Morgan fingerprint density at radius 2 is 1.06 bits per heavy atom. The zero-order valence-electron chi connectivity index (χ0n) is 47.6. The van der Waals surface area contributed by atoms with Gasteiger partial charge < -0.3 is 45.3 Å². The molecule has 2 saturated carbocycles. The lowest BCUT2D eigenvalue weighted by Crippen LogP contribution is -2.49. The minimum atomic E-state index is -1.34. The number of benzene rings is 4. The molecule has 2 aromatic heterocycles. The number of allylic oxidation sites excluding steroid dienone is 4. The molecule has 2 saturated heterocycles. The number of hydrogen-bond acceptors (Lipinski definition) is 15. The Bertz CT molecular complexity index is 3330. The molecule has 4 aromatic carbocycles. The van der Waals surface area contributed by atoms with Crippen molar-refractivity contribution in [2.75, 3.05) is 13.1 Å². The Morgan fingerprint density at radius 3 is 1.53 bits per heavy atom. The molecule has 0 unspecified atom stereocenters. The minimum absolute atomic E-state index is 0.0349. The molecule has 4 aliphatic heterocycles. The molecule has 446 valence electrons. The number of ketones is 2. The average Bonchev–Trinajstić information content (AvgIpc) is 1.75. The van der Waals surface area contributed by atoms with Crippen LogP contribution in [-0.4, -0.2) is 126 Å². The van der Waals surface area contributed by atoms with Crippen LogP contribution in [0, 0.1) is 28.6 Å². The number of carboxylic acids is 2. The van der Waals surface area contributed by atoms with Gasteiger partial charge in [0, 0.05) is 31.6 Å². The Labute approximate surface area is 503 Å². The summed E-state index contributed by atoms with van der Waals surface area (Å²) in [5, 5.41) is 38.2. The number of rotatable bonds is 9. The fourth-order valence-electron chi connectivity index (χ4n) is 12.6. The lowest BCUT2D eigenvalue weighted by atomic mass is 9.81. The van der Waals surface area contributed by atoms with Crippen LogP contribution < -0.4 is 20.7 Å². The quantitative estimate of drug-likeness (QED) is 0.0668. The van der Waals surface area contributed by atoms with E-state index in [0.29, 0.717) is 60.9 Å². The number of Topliss-reactive ketones (excluding diaryl/α,β-unsaturated/α-hetero) is 2. The topological polar surface area (TPSA) is 260 Å². The summed E-state index contributed by atoms with van der Waals surface area (Å²) in [6.45, 7) is 0.530. The highest BCUT2D eigenvalue weighted by atomic mass is 32.1. The summed E-state index contributed by atoms with van der Waals surface area (Å²) < 4.78 is 14.4. The van der Waals surface area contributed by atoms with Crippen molar-refractivity contribution < 1.29 is 58.5 Å². The maximum absolute atomic E-state index is 14.2. The summed E-state index contributed by atoms with van der Waals surface area (Å²) in [6.07, 6.45) is 18.0. The van der Waals surface area contributed by atoms with Gasteiger partial charge in [-0.2, -0.15) is 0 Å². The number of ether oxygens (including phenoxy) is 2. The van der Waals surface area contributed by atoms with Gasteiger partial charge in [0.05, 0.1) is 62.5 Å². The summed E-state index contributed by atoms with van der Waals surface area (Å²) in [5.74, 6) is -3.11. The zero-order valence-corrected chi connectivity index (χ0v) is 49.2. The first-order chi connectivity index (χ1) is 41.1. The molecule has 6 N–H and O–H groups in total. The van der Waals surface area contributed by atoms with E-state index in [9.17, 15) is 39.0 Å². The fraction of sp³-hybridized carbons (Fsp3) is 0.446. The predicted octanol–water partition coefficient (Wildman–Crippen LogP) is 8.98. The third-order valence-electron chi connectivity index (χ3n) is 17.7. The second-order valence-corrected chi connectivity index (χ2v) is 25.6. The Hall–Kier alpha value is -7.10. The molecule has 6 heterocycles. The van der Waals surface area contributed by atoms with Crippen LogP contribution in [0.2, 0.25) is 0 Å². The molecule has 0 bridgehead atoms. The van der Waals surface area contributed by atoms with Gasteiger partial charge in [-0.05, 0) is 105 Å². The minimum Gasteiger partial charge on any atom is -0.481 e. The number of carbonyl (C=O) groups is 6. The SMILES string of the molecule is N[C@H]1CCCCC/C=C\[C@@H]2C[C@@]2(C(=O)O)CC(=O)[C@@H]2C[C@@H](Oc3nc4ccccc4s3)CN2C1=O.O=C1C[C@]2(C(=O)O)C[C@H]2/C=C\CCCCC[C@H](Cc2ccccc2)C(=O)N2C[C@H](Oc3nc4ccccc4s3)C[C@@H]12.OB(O)c1ccccc1.